The minimum Gasteiger partial charge on any atom is -0.444 e. The molecule has 2 aromatic carbocycles. The van der Waals surface area contributed by atoms with Crippen molar-refractivity contribution in [3.05, 3.63) is 70.1 Å². The van der Waals surface area contributed by atoms with Gasteiger partial charge in [0.05, 0.1) is 0 Å². The molecule has 0 bridgehead atoms. The van der Waals surface area contributed by atoms with E-state index < -0.39 is 6.09 Å². The van der Waals surface area contributed by atoms with Crippen LogP contribution in [0.1, 0.15) is 11.1 Å². The van der Waals surface area contributed by atoms with E-state index in [1.165, 1.54) is 0 Å². The fourth-order valence-corrected chi connectivity index (χ4v) is 1.65. The van der Waals surface area contributed by atoms with Crippen molar-refractivity contribution in [3.63, 3.8) is 0 Å². The van der Waals surface area contributed by atoms with Gasteiger partial charge in [-0.3, -0.25) is 5.32 Å². The van der Waals surface area contributed by atoms with Crippen molar-refractivity contribution < 1.29 is 9.53 Å². The van der Waals surface area contributed by atoms with Crippen molar-refractivity contribution in [1.29, 1.82) is 0 Å². The highest BCUT2D eigenvalue weighted by Gasteiger charge is 2.03. The number of aryl methyl sites for hydroxylation is 1. The number of rotatable bonds is 4. The Morgan fingerprint density at radius 1 is 1.19 bits per heavy atom. The van der Waals surface area contributed by atoms with Gasteiger partial charge in [-0.2, -0.15) is 0 Å². The van der Waals surface area contributed by atoms with Gasteiger partial charge in [-0.25, -0.2) is 4.79 Å². The molecule has 0 aliphatic heterocycles. The van der Waals surface area contributed by atoms with Crippen LogP contribution in [0.4, 0.5) is 16.2 Å². The number of nitrogens with one attached hydrogen (secondary N) is 1. The summed E-state index contributed by atoms with van der Waals surface area (Å²) < 4.78 is 5.11. The third-order valence-electron chi connectivity index (χ3n) is 2.76. The fourth-order valence-electron chi connectivity index (χ4n) is 1.65. The summed E-state index contributed by atoms with van der Waals surface area (Å²) >= 11 is 0. The highest BCUT2D eigenvalue weighted by atomic mass is 16.5. The first kappa shape index (κ1) is 14.4. The summed E-state index contributed by atoms with van der Waals surface area (Å²) in [6.45, 7) is 2.12. The Morgan fingerprint density at radius 3 is 2.48 bits per heavy atom. The minimum absolute atomic E-state index is 0.147. The number of azide groups is 1. The molecule has 0 saturated carbocycles. The second-order valence-electron chi connectivity index (χ2n) is 4.42. The van der Waals surface area contributed by atoms with Crippen LogP contribution in [0, 0.1) is 6.92 Å². The number of carbonyl (C=O) groups is 1. The Morgan fingerprint density at radius 2 is 1.86 bits per heavy atom. The average Bonchev–Trinajstić information content (AvgIpc) is 2.49. The van der Waals surface area contributed by atoms with Crippen molar-refractivity contribution in [3.8, 4) is 0 Å². The first-order valence-electron chi connectivity index (χ1n) is 6.32. The van der Waals surface area contributed by atoms with Gasteiger partial charge < -0.3 is 4.74 Å². The number of amides is 1. The summed E-state index contributed by atoms with van der Waals surface area (Å²) in [5.74, 6) is 0. The third kappa shape index (κ3) is 4.56. The zero-order chi connectivity index (χ0) is 15.1. The quantitative estimate of drug-likeness (QED) is 0.501. The van der Waals surface area contributed by atoms with Crippen molar-refractivity contribution in [2.75, 3.05) is 5.32 Å². The summed E-state index contributed by atoms with van der Waals surface area (Å²) in [7, 11) is 0. The zero-order valence-electron chi connectivity index (χ0n) is 11.5. The Hall–Kier alpha value is -2.98. The number of hydrogen-bond acceptors (Lipinski definition) is 3. The van der Waals surface area contributed by atoms with Crippen LogP contribution in [0.25, 0.3) is 10.4 Å². The molecule has 0 unspecified atom stereocenters. The summed E-state index contributed by atoms with van der Waals surface area (Å²) in [6.07, 6.45) is -0.516. The lowest BCUT2D eigenvalue weighted by molar-refractivity contribution is 0.155. The zero-order valence-corrected chi connectivity index (χ0v) is 11.5. The number of anilines is 1. The largest absolute Gasteiger partial charge is 0.444 e. The van der Waals surface area contributed by atoms with Crippen molar-refractivity contribution in [1.82, 2.24) is 0 Å². The standard InChI is InChI=1S/C15H14N4O2/c1-11-2-6-13(7-3-11)17-15(20)21-10-12-4-8-14(9-5-12)18-19-16/h2-9H,10H2,1H3,(H,17,20). The van der Waals surface area contributed by atoms with Gasteiger partial charge in [0.15, 0.2) is 0 Å². The van der Waals surface area contributed by atoms with Gasteiger partial charge in [0.2, 0.25) is 0 Å². The molecule has 0 fully saturated rings. The van der Waals surface area contributed by atoms with E-state index in [0.29, 0.717) is 11.4 Å². The molecule has 0 aliphatic carbocycles. The molecule has 1 N–H and O–H groups in total. The molecule has 2 aromatic rings. The second-order valence-corrected chi connectivity index (χ2v) is 4.42. The molecule has 0 saturated heterocycles. The van der Waals surface area contributed by atoms with E-state index in [2.05, 4.69) is 15.3 Å². The van der Waals surface area contributed by atoms with E-state index in [4.69, 9.17) is 10.3 Å². The number of benzene rings is 2. The molecule has 106 valence electrons. The highest BCUT2D eigenvalue weighted by Crippen LogP contribution is 2.14. The number of ether oxygens (including phenoxy) is 1. The first-order valence-corrected chi connectivity index (χ1v) is 6.32. The molecule has 1 amide bonds. The molecule has 0 aliphatic rings. The van der Waals surface area contributed by atoms with Crippen molar-refractivity contribution in [2.24, 2.45) is 5.11 Å². The Kier molecular flexibility index (Phi) is 4.79. The fraction of sp³-hybridized carbons (Fsp3) is 0.133. The van der Waals surface area contributed by atoms with E-state index in [0.717, 1.165) is 11.1 Å². The molecular formula is C15H14N4O2. The van der Waals surface area contributed by atoms with Gasteiger partial charge in [0.25, 0.3) is 0 Å². The maximum Gasteiger partial charge on any atom is 0.411 e. The van der Waals surface area contributed by atoms with Gasteiger partial charge >= 0.3 is 6.09 Å². The lowest BCUT2D eigenvalue weighted by Gasteiger charge is -2.07. The summed E-state index contributed by atoms with van der Waals surface area (Å²) in [4.78, 5) is 14.3. The SMILES string of the molecule is Cc1ccc(NC(=O)OCc2ccc(N=[N+]=[N-])cc2)cc1. The molecule has 0 radical (unpaired) electrons. The predicted molar refractivity (Wildman–Crippen MR) is 80.2 cm³/mol. The van der Waals surface area contributed by atoms with Crippen molar-refractivity contribution >= 4 is 17.5 Å². The lowest BCUT2D eigenvalue weighted by Crippen LogP contribution is -2.13. The van der Waals surface area contributed by atoms with Crippen LogP contribution in [0.15, 0.2) is 53.6 Å². The van der Waals surface area contributed by atoms with Crippen molar-refractivity contribution in [2.45, 2.75) is 13.5 Å². The smallest absolute Gasteiger partial charge is 0.411 e. The molecule has 0 heterocycles. The maximum atomic E-state index is 11.6. The molecule has 0 atom stereocenters. The van der Waals surface area contributed by atoms with E-state index in [1.807, 2.05) is 31.2 Å². The van der Waals surface area contributed by atoms with E-state index in [-0.39, 0.29) is 6.61 Å². The van der Waals surface area contributed by atoms with Crippen LogP contribution in [0.2, 0.25) is 0 Å². The number of hydrogen-bond donors (Lipinski definition) is 1. The molecule has 2 rings (SSSR count). The maximum absolute atomic E-state index is 11.6. The van der Waals surface area contributed by atoms with Crippen LogP contribution < -0.4 is 5.32 Å². The summed E-state index contributed by atoms with van der Waals surface area (Å²) in [5, 5.41) is 6.11. The van der Waals surface area contributed by atoms with Crippen LogP contribution >= 0.6 is 0 Å². The Labute approximate surface area is 122 Å². The van der Waals surface area contributed by atoms with Gasteiger partial charge in [-0.05, 0) is 30.2 Å². The third-order valence-corrected chi connectivity index (χ3v) is 2.76. The van der Waals surface area contributed by atoms with E-state index >= 15 is 0 Å². The summed E-state index contributed by atoms with van der Waals surface area (Å²) in [5.41, 5.74) is 11.4. The van der Waals surface area contributed by atoms with Crippen LogP contribution in [0.5, 0.6) is 0 Å². The predicted octanol–water partition coefficient (Wildman–Crippen LogP) is 4.69. The normalized spacial score (nSPS) is 9.57. The molecule has 6 nitrogen and oxygen atoms in total. The van der Waals surface area contributed by atoms with E-state index in [9.17, 15) is 4.79 Å². The average molecular weight is 282 g/mol. The van der Waals surface area contributed by atoms with Gasteiger partial charge in [-0.15, -0.1) is 0 Å². The first-order chi connectivity index (χ1) is 10.2. The van der Waals surface area contributed by atoms with Crippen LogP contribution in [0.3, 0.4) is 0 Å². The molecule has 6 heteroatoms. The van der Waals surface area contributed by atoms with E-state index in [1.54, 1.807) is 24.3 Å². The number of carbonyl (C=O) groups excluding carboxylic acids is 1. The molecule has 0 spiro atoms. The van der Waals surface area contributed by atoms with Gasteiger partial charge in [0.1, 0.15) is 6.61 Å². The minimum atomic E-state index is -0.516. The molecule has 0 aromatic heterocycles. The second kappa shape index (κ2) is 6.98. The highest BCUT2D eigenvalue weighted by molar-refractivity contribution is 5.84. The molecular weight excluding hydrogens is 268 g/mol. The van der Waals surface area contributed by atoms with Crippen LogP contribution in [-0.4, -0.2) is 6.09 Å². The monoisotopic (exact) mass is 282 g/mol. The molecule has 21 heavy (non-hydrogen) atoms. The van der Waals surface area contributed by atoms with Gasteiger partial charge in [0, 0.05) is 16.3 Å². The van der Waals surface area contributed by atoms with Gasteiger partial charge in [-0.1, -0.05) is 47.1 Å². The topological polar surface area (TPSA) is 87.1 Å². The Bertz CT molecular complexity index is 659. The summed E-state index contributed by atoms with van der Waals surface area (Å²) in [6, 6.07) is 14.2. The number of nitrogens with zero attached hydrogens (tertiary/aromatic N) is 3. The Balaban J connectivity index is 1.86. The lowest BCUT2D eigenvalue weighted by atomic mass is 10.2. The van der Waals surface area contributed by atoms with Crippen LogP contribution in [-0.2, 0) is 11.3 Å².